The largest absolute Gasteiger partial charge is 0.364 e. The average molecular weight is 204 g/mol. The normalized spacial score (nSPS) is 10.0. The van der Waals surface area contributed by atoms with Crippen LogP contribution in [0.4, 0.5) is 0 Å². The van der Waals surface area contributed by atoms with Gasteiger partial charge in [0.1, 0.15) is 0 Å². The molecule has 0 fully saturated rings. The average Bonchev–Trinajstić information content (AvgIpc) is 2.68. The number of rotatable bonds is 2. The van der Waals surface area contributed by atoms with Gasteiger partial charge in [-0.15, -0.1) is 11.3 Å². The molecule has 0 aliphatic rings. The van der Waals surface area contributed by atoms with Gasteiger partial charge in [0.2, 0.25) is 0 Å². The standard InChI is InChI=1S/C10H8N2OS/c11-9(13)10-12-6-8(14-10)7-4-2-1-3-5-7/h1-6H,(H2,11,13). The third-order valence-corrected chi connectivity index (χ3v) is 2.84. The van der Waals surface area contributed by atoms with Crippen molar-refractivity contribution in [3.05, 3.63) is 41.5 Å². The number of thiazole rings is 1. The molecule has 70 valence electrons. The van der Waals surface area contributed by atoms with Crippen LogP contribution in [0.3, 0.4) is 0 Å². The first kappa shape index (κ1) is 8.90. The highest BCUT2D eigenvalue weighted by molar-refractivity contribution is 7.16. The minimum Gasteiger partial charge on any atom is -0.364 e. The van der Waals surface area contributed by atoms with E-state index in [1.54, 1.807) is 6.20 Å². The first-order chi connectivity index (χ1) is 6.77. The van der Waals surface area contributed by atoms with Crippen LogP contribution >= 0.6 is 11.3 Å². The quantitative estimate of drug-likeness (QED) is 0.812. The van der Waals surface area contributed by atoms with Crippen molar-refractivity contribution in [1.82, 2.24) is 4.98 Å². The Kier molecular flexibility index (Phi) is 2.28. The van der Waals surface area contributed by atoms with E-state index in [0.29, 0.717) is 5.01 Å². The lowest BCUT2D eigenvalue weighted by Gasteiger charge is -1.92. The molecule has 0 saturated carbocycles. The van der Waals surface area contributed by atoms with Gasteiger partial charge in [-0.05, 0) is 5.56 Å². The second-order valence-corrected chi connectivity index (χ2v) is 3.79. The smallest absolute Gasteiger partial charge is 0.277 e. The van der Waals surface area contributed by atoms with Crippen LogP contribution in [0.2, 0.25) is 0 Å². The van der Waals surface area contributed by atoms with E-state index in [4.69, 9.17) is 5.73 Å². The Morgan fingerprint density at radius 2 is 2.00 bits per heavy atom. The topological polar surface area (TPSA) is 56.0 Å². The Morgan fingerprint density at radius 1 is 1.29 bits per heavy atom. The highest BCUT2D eigenvalue weighted by atomic mass is 32.1. The number of benzene rings is 1. The van der Waals surface area contributed by atoms with Gasteiger partial charge in [0.05, 0.1) is 4.88 Å². The van der Waals surface area contributed by atoms with Crippen LogP contribution in [-0.4, -0.2) is 10.9 Å². The van der Waals surface area contributed by atoms with Gasteiger partial charge in [-0.1, -0.05) is 30.3 Å². The maximum atomic E-state index is 10.8. The molecular formula is C10H8N2OS. The first-order valence-corrected chi connectivity index (χ1v) is 4.90. The van der Waals surface area contributed by atoms with Crippen LogP contribution in [0, 0.1) is 0 Å². The van der Waals surface area contributed by atoms with Crippen LogP contribution in [0.25, 0.3) is 10.4 Å². The summed E-state index contributed by atoms with van der Waals surface area (Å²) in [4.78, 5) is 15.7. The number of carbonyl (C=O) groups excluding carboxylic acids is 1. The lowest BCUT2D eigenvalue weighted by atomic mass is 10.2. The van der Waals surface area contributed by atoms with Crippen LogP contribution < -0.4 is 5.73 Å². The van der Waals surface area contributed by atoms with E-state index in [1.165, 1.54) is 11.3 Å². The van der Waals surface area contributed by atoms with Crippen LogP contribution in [0.5, 0.6) is 0 Å². The fourth-order valence-electron chi connectivity index (χ4n) is 1.12. The summed E-state index contributed by atoms with van der Waals surface area (Å²) < 4.78 is 0. The maximum Gasteiger partial charge on any atom is 0.277 e. The first-order valence-electron chi connectivity index (χ1n) is 4.08. The number of primary amides is 1. The van der Waals surface area contributed by atoms with E-state index in [9.17, 15) is 4.79 Å². The van der Waals surface area contributed by atoms with E-state index in [-0.39, 0.29) is 0 Å². The Hall–Kier alpha value is -1.68. The number of amides is 1. The molecule has 2 rings (SSSR count). The molecule has 14 heavy (non-hydrogen) atoms. The minimum absolute atomic E-state index is 0.351. The van der Waals surface area contributed by atoms with Crippen LogP contribution in [0.1, 0.15) is 9.80 Å². The molecular weight excluding hydrogens is 196 g/mol. The zero-order valence-electron chi connectivity index (χ0n) is 7.31. The number of aromatic nitrogens is 1. The maximum absolute atomic E-state index is 10.8. The summed E-state index contributed by atoms with van der Waals surface area (Å²) in [5.41, 5.74) is 6.17. The van der Waals surface area contributed by atoms with Crippen molar-refractivity contribution in [3.8, 4) is 10.4 Å². The van der Waals surface area contributed by atoms with Gasteiger partial charge in [-0.3, -0.25) is 4.79 Å². The summed E-state index contributed by atoms with van der Waals surface area (Å²) in [6.45, 7) is 0. The number of hydrogen-bond acceptors (Lipinski definition) is 3. The number of nitrogens with zero attached hydrogens (tertiary/aromatic N) is 1. The second kappa shape index (κ2) is 3.59. The van der Waals surface area contributed by atoms with Gasteiger partial charge < -0.3 is 5.73 Å². The summed E-state index contributed by atoms with van der Waals surface area (Å²) in [6, 6.07) is 9.77. The van der Waals surface area contributed by atoms with E-state index in [2.05, 4.69) is 4.98 Å². The van der Waals surface area contributed by atoms with Crippen molar-refractivity contribution in [2.75, 3.05) is 0 Å². The predicted octanol–water partition coefficient (Wildman–Crippen LogP) is 1.91. The van der Waals surface area contributed by atoms with Crippen LogP contribution in [-0.2, 0) is 0 Å². The Labute approximate surface area is 85.2 Å². The molecule has 2 aromatic rings. The molecule has 0 aliphatic carbocycles. The summed E-state index contributed by atoms with van der Waals surface area (Å²) in [7, 11) is 0. The molecule has 0 saturated heterocycles. The monoisotopic (exact) mass is 204 g/mol. The summed E-state index contributed by atoms with van der Waals surface area (Å²) in [5.74, 6) is -0.475. The van der Waals surface area contributed by atoms with E-state index >= 15 is 0 Å². The molecule has 3 nitrogen and oxygen atoms in total. The van der Waals surface area contributed by atoms with Crippen molar-refractivity contribution < 1.29 is 4.79 Å². The van der Waals surface area contributed by atoms with Crippen molar-refractivity contribution in [1.29, 1.82) is 0 Å². The highest BCUT2D eigenvalue weighted by Crippen LogP contribution is 2.25. The van der Waals surface area contributed by atoms with Crippen molar-refractivity contribution >= 4 is 17.2 Å². The van der Waals surface area contributed by atoms with E-state index in [1.807, 2.05) is 30.3 Å². The number of carbonyl (C=O) groups is 1. The molecule has 0 unspecified atom stereocenters. The van der Waals surface area contributed by atoms with Gasteiger partial charge in [0, 0.05) is 6.20 Å². The van der Waals surface area contributed by atoms with Crippen molar-refractivity contribution in [2.45, 2.75) is 0 Å². The molecule has 1 heterocycles. The van der Waals surface area contributed by atoms with Gasteiger partial charge in [-0.2, -0.15) is 0 Å². The SMILES string of the molecule is NC(=O)c1ncc(-c2ccccc2)s1. The molecule has 0 radical (unpaired) electrons. The summed E-state index contributed by atoms with van der Waals surface area (Å²) >= 11 is 1.31. The molecule has 0 atom stereocenters. The molecule has 4 heteroatoms. The molecule has 1 amide bonds. The molecule has 1 aromatic heterocycles. The molecule has 0 aliphatic heterocycles. The Morgan fingerprint density at radius 3 is 2.57 bits per heavy atom. The van der Waals surface area contributed by atoms with E-state index < -0.39 is 5.91 Å². The zero-order chi connectivity index (χ0) is 9.97. The molecule has 2 N–H and O–H groups in total. The van der Waals surface area contributed by atoms with Crippen molar-refractivity contribution in [2.24, 2.45) is 5.73 Å². The number of hydrogen-bond donors (Lipinski definition) is 1. The molecule has 1 aromatic carbocycles. The minimum atomic E-state index is -0.475. The lowest BCUT2D eigenvalue weighted by molar-refractivity contribution is 0.1000. The van der Waals surface area contributed by atoms with Gasteiger partial charge >= 0.3 is 0 Å². The third-order valence-electron chi connectivity index (χ3n) is 1.77. The summed E-state index contributed by atoms with van der Waals surface area (Å²) in [6.07, 6.45) is 1.67. The fraction of sp³-hybridized carbons (Fsp3) is 0. The van der Waals surface area contributed by atoms with Gasteiger partial charge in [0.25, 0.3) is 5.91 Å². The highest BCUT2D eigenvalue weighted by Gasteiger charge is 2.07. The fourth-order valence-corrected chi connectivity index (χ4v) is 1.90. The second-order valence-electron chi connectivity index (χ2n) is 2.76. The van der Waals surface area contributed by atoms with Gasteiger partial charge in [0.15, 0.2) is 5.01 Å². The number of nitrogens with two attached hydrogens (primary N) is 1. The Balaban J connectivity index is 2.39. The molecule has 0 spiro atoms. The third kappa shape index (κ3) is 1.65. The molecule has 0 bridgehead atoms. The zero-order valence-corrected chi connectivity index (χ0v) is 8.12. The lowest BCUT2D eigenvalue weighted by Crippen LogP contribution is -2.09. The Bertz CT molecular complexity index is 450. The van der Waals surface area contributed by atoms with Gasteiger partial charge in [-0.25, -0.2) is 4.98 Å². The summed E-state index contributed by atoms with van der Waals surface area (Å²) in [5, 5.41) is 0.351. The predicted molar refractivity (Wildman–Crippen MR) is 56.1 cm³/mol. The van der Waals surface area contributed by atoms with Crippen molar-refractivity contribution in [3.63, 3.8) is 0 Å². The van der Waals surface area contributed by atoms with E-state index in [0.717, 1.165) is 10.4 Å². The van der Waals surface area contributed by atoms with Crippen LogP contribution in [0.15, 0.2) is 36.5 Å².